The number of rotatable bonds is 6. The molecule has 4 N–H and O–H groups in total. The van der Waals surface area contributed by atoms with Gasteiger partial charge in [-0.05, 0) is 26.0 Å². The molecular weight excluding hydrogens is 350 g/mol. The molecule has 0 spiro atoms. The first kappa shape index (κ1) is 18.2. The summed E-state index contributed by atoms with van der Waals surface area (Å²) in [6, 6.07) is 9.64. The summed E-state index contributed by atoms with van der Waals surface area (Å²) in [5.74, 6) is 1.20. The standard InChI is InChI=1S/C14H21N5O2.BrH/c1-14(2)18-12(15)17-13(16)19(14)21-10-6-9-20-11-7-4-3-5-8-11;/h3-5,7-8H,6,9-10H2,1-2H3,(H4,15,16,17,18);1H. The second kappa shape index (κ2) is 8.00. The van der Waals surface area contributed by atoms with E-state index >= 15 is 0 Å². The number of nitrogens with zero attached hydrogens (tertiary/aromatic N) is 3. The summed E-state index contributed by atoms with van der Waals surface area (Å²) in [5.41, 5.74) is 10.7. The number of hydrogen-bond donors (Lipinski definition) is 2. The van der Waals surface area contributed by atoms with Crippen LogP contribution in [-0.2, 0) is 4.84 Å². The van der Waals surface area contributed by atoms with Gasteiger partial charge in [0.05, 0.1) is 13.2 Å². The van der Waals surface area contributed by atoms with Crippen molar-refractivity contribution in [1.29, 1.82) is 0 Å². The van der Waals surface area contributed by atoms with E-state index in [0.717, 1.165) is 5.75 Å². The smallest absolute Gasteiger partial charge is 0.226 e. The van der Waals surface area contributed by atoms with Crippen LogP contribution >= 0.6 is 17.0 Å². The summed E-state index contributed by atoms with van der Waals surface area (Å²) in [6.45, 7) is 4.70. The third-order valence-electron chi connectivity index (χ3n) is 2.84. The van der Waals surface area contributed by atoms with Crippen LogP contribution in [0.2, 0.25) is 0 Å². The Hall–Kier alpha value is -1.80. The van der Waals surface area contributed by atoms with Gasteiger partial charge in [0.15, 0.2) is 5.66 Å². The van der Waals surface area contributed by atoms with Crippen molar-refractivity contribution in [3.8, 4) is 5.75 Å². The fraction of sp³-hybridized carbons (Fsp3) is 0.429. The van der Waals surface area contributed by atoms with E-state index in [2.05, 4.69) is 9.98 Å². The summed E-state index contributed by atoms with van der Waals surface area (Å²) in [7, 11) is 0. The van der Waals surface area contributed by atoms with E-state index in [1.165, 1.54) is 5.06 Å². The van der Waals surface area contributed by atoms with Gasteiger partial charge in [-0.15, -0.1) is 17.0 Å². The number of hydroxylamine groups is 2. The first-order valence-electron chi connectivity index (χ1n) is 6.79. The molecule has 22 heavy (non-hydrogen) atoms. The fourth-order valence-electron chi connectivity index (χ4n) is 1.94. The summed E-state index contributed by atoms with van der Waals surface area (Å²) in [5, 5.41) is 1.46. The zero-order valence-electron chi connectivity index (χ0n) is 12.7. The van der Waals surface area contributed by atoms with Crippen LogP contribution in [0, 0.1) is 0 Å². The van der Waals surface area contributed by atoms with E-state index in [-0.39, 0.29) is 28.9 Å². The first-order chi connectivity index (χ1) is 9.99. The molecule has 0 saturated carbocycles. The Morgan fingerprint density at radius 2 is 1.82 bits per heavy atom. The summed E-state index contributed by atoms with van der Waals surface area (Å²) >= 11 is 0. The SMILES string of the molecule is Br.CC1(C)N=C(N)N=C(N)N1OCCCOc1ccccc1. The minimum Gasteiger partial charge on any atom is -0.494 e. The zero-order valence-corrected chi connectivity index (χ0v) is 14.4. The van der Waals surface area contributed by atoms with Crippen molar-refractivity contribution in [3.05, 3.63) is 30.3 Å². The van der Waals surface area contributed by atoms with Crippen molar-refractivity contribution < 1.29 is 9.57 Å². The van der Waals surface area contributed by atoms with Crippen molar-refractivity contribution in [1.82, 2.24) is 5.06 Å². The van der Waals surface area contributed by atoms with Crippen LogP contribution in [0.15, 0.2) is 40.3 Å². The van der Waals surface area contributed by atoms with Gasteiger partial charge in [-0.3, -0.25) is 4.84 Å². The maximum absolute atomic E-state index is 5.81. The van der Waals surface area contributed by atoms with Crippen LogP contribution < -0.4 is 16.2 Å². The van der Waals surface area contributed by atoms with Gasteiger partial charge in [0.2, 0.25) is 11.9 Å². The number of guanidine groups is 2. The van der Waals surface area contributed by atoms with E-state index < -0.39 is 5.66 Å². The van der Waals surface area contributed by atoms with Gasteiger partial charge in [0.25, 0.3) is 0 Å². The minimum atomic E-state index is -0.670. The van der Waals surface area contributed by atoms with Crippen LogP contribution in [0.4, 0.5) is 0 Å². The topological polar surface area (TPSA) is 98.5 Å². The number of aliphatic imine (C=N–C) groups is 2. The van der Waals surface area contributed by atoms with Crippen molar-refractivity contribution in [2.24, 2.45) is 21.5 Å². The lowest BCUT2D eigenvalue weighted by atomic mass is 10.2. The van der Waals surface area contributed by atoms with Crippen LogP contribution in [0.25, 0.3) is 0 Å². The lowest BCUT2D eigenvalue weighted by molar-refractivity contribution is -0.158. The van der Waals surface area contributed by atoms with E-state index in [1.807, 2.05) is 44.2 Å². The molecule has 2 rings (SSSR count). The van der Waals surface area contributed by atoms with E-state index in [1.54, 1.807) is 0 Å². The molecule has 0 aromatic heterocycles. The molecule has 1 aromatic rings. The van der Waals surface area contributed by atoms with E-state index in [9.17, 15) is 0 Å². The van der Waals surface area contributed by atoms with Gasteiger partial charge in [0, 0.05) is 6.42 Å². The molecular formula is C14H22BrN5O2. The maximum Gasteiger partial charge on any atom is 0.226 e. The van der Waals surface area contributed by atoms with Gasteiger partial charge in [-0.25, -0.2) is 4.99 Å². The molecule has 1 aliphatic heterocycles. The molecule has 1 heterocycles. The molecule has 0 bridgehead atoms. The largest absolute Gasteiger partial charge is 0.494 e. The van der Waals surface area contributed by atoms with Gasteiger partial charge in [-0.1, -0.05) is 18.2 Å². The number of nitrogens with two attached hydrogens (primary N) is 2. The molecule has 122 valence electrons. The predicted molar refractivity (Wildman–Crippen MR) is 92.0 cm³/mol. The first-order valence-corrected chi connectivity index (χ1v) is 6.79. The highest BCUT2D eigenvalue weighted by Gasteiger charge is 2.32. The summed E-state index contributed by atoms with van der Waals surface area (Å²) in [6.07, 6.45) is 0.716. The zero-order chi connectivity index (χ0) is 15.3. The van der Waals surface area contributed by atoms with Gasteiger partial charge >= 0.3 is 0 Å². The van der Waals surface area contributed by atoms with Crippen molar-refractivity contribution >= 4 is 28.9 Å². The quantitative estimate of drug-likeness (QED) is 0.740. The molecule has 0 saturated heterocycles. The number of benzene rings is 1. The van der Waals surface area contributed by atoms with Crippen molar-refractivity contribution in [3.63, 3.8) is 0 Å². The lowest BCUT2D eigenvalue weighted by Gasteiger charge is -2.36. The number of ether oxygens (including phenoxy) is 1. The highest BCUT2D eigenvalue weighted by atomic mass is 79.9. The van der Waals surface area contributed by atoms with Gasteiger partial charge in [0.1, 0.15) is 5.75 Å². The van der Waals surface area contributed by atoms with Crippen LogP contribution in [0.5, 0.6) is 5.75 Å². The average molecular weight is 372 g/mol. The Kier molecular flexibility index (Phi) is 6.63. The third-order valence-corrected chi connectivity index (χ3v) is 2.84. The second-order valence-corrected chi connectivity index (χ2v) is 5.08. The maximum atomic E-state index is 5.81. The molecule has 0 amide bonds. The van der Waals surface area contributed by atoms with E-state index in [4.69, 9.17) is 21.0 Å². The Morgan fingerprint density at radius 3 is 2.45 bits per heavy atom. The molecule has 8 heteroatoms. The second-order valence-electron chi connectivity index (χ2n) is 5.08. The summed E-state index contributed by atoms with van der Waals surface area (Å²) < 4.78 is 5.58. The van der Waals surface area contributed by atoms with Crippen LogP contribution in [-0.4, -0.2) is 35.9 Å². The highest BCUT2D eigenvalue weighted by molar-refractivity contribution is 8.93. The highest BCUT2D eigenvalue weighted by Crippen LogP contribution is 2.19. The normalized spacial score (nSPS) is 16.4. The Labute approximate surface area is 140 Å². The molecule has 0 radical (unpaired) electrons. The number of para-hydroxylation sites is 1. The Morgan fingerprint density at radius 1 is 1.14 bits per heavy atom. The summed E-state index contributed by atoms with van der Waals surface area (Å²) in [4.78, 5) is 13.7. The van der Waals surface area contributed by atoms with Gasteiger partial charge in [-0.2, -0.15) is 10.1 Å². The average Bonchev–Trinajstić information content (AvgIpc) is 2.41. The van der Waals surface area contributed by atoms with Gasteiger partial charge < -0.3 is 16.2 Å². The third kappa shape index (κ3) is 4.88. The van der Waals surface area contributed by atoms with Crippen molar-refractivity contribution in [2.75, 3.05) is 13.2 Å². The molecule has 0 atom stereocenters. The monoisotopic (exact) mass is 371 g/mol. The number of hydrogen-bond acceptors (Lipinski definition) is 7. The lowest BCUT2D eigenvalue weighted by Crippen LogP contribution is -2.53. The van der Waals surface area contributed by atoms with E-state index in [0.29, 0.717) is 19.6 Å². The fourth-order valence-corrected chi connectivity index (χ4v) is 1.94. The minimum absolute atomic E-state index is 0. The number of halogens is 1. The Balaban J connectivity index is 0.00000242. The molecule has 1 aromatic carbocycles. The van der Waals surface area contributed by atoms with Crippen LogP contribution in [0.1, 0.15) is 20.3 Å². The molecule has 1 aliphatic rings. The predicted octanol–water partition coefficient (Wildman–Crippen LogP) is 1.65. The Bertz CT molecular complexity index is 533. The molecule has 0 aliphatic carbocycles. The molecule has 0 fully saturated rings. The van der Waals surface area contributed by atoms with Crippen molar-refractivity contribution in [2.45, 2.75) is 25.9 Å². The molecule has 0 unspecified atom stereocenters. The molecule has 7 nitrogen and oxygen atoms in total. The van der Waals surface area contributed by atoms with Crippen LogP contribution in [0.3, 0.4) is 0 Å².